The molecule has 0 saturated heterocycles. The molecular weight excluding hydrogens is 305 g/mol. The van der Waals surface area contributed by atoms with Crippen LogP contribution < -0.4 is 0 Å². The van der Waals surface area contributed by atoms with E-state index in [2.05, 4.69) is 0 Å². The number of nitro groups is 1. The van der Waals surface area contributed by atoms with Crippen molar-refractivity contribution in [1.82, 2.24) is 0 Å². The summed E-state index contributed by atoms with van der Waals surface area (Å²) in [5.41, 5.74) is -0.578. The molecule has 0 fully saturated rings. The molecule has 0 unspecified atom stereocenters. The van der Waals surface area contributed by atoms with Gasteiger partial charge in [0.15, 0.2) is 21.2 Å². The van der Waals surface area contributed by atoms with Crippen LogP contribution in [-0.4, -0.2) is 16.0 Å². The van der Waals surface area contributed by atoms with Crippen LogP contribution in [0, 0.1) is 13.7 Å². The predicted molar refractivity (Wildman–Crippen MR) is 53.5 cm³/mol. The van der Waals surface area contributed by atoms with Crippen molar-refractivity contribution in [3.8, 4) is 0 Å². The number of rotatable bonds is 3. The Bertz CT molecular complexity index is 417. The van der Waals surface area contributed by atoms with Gasteiger partial charge in [-0.1, -0.05) is 0 Å². The molecule has 0 aromatic heterocycles. The first-order valence-corrected chi connectivity index (χ1v) is 5.31. The van der Waals surface area contributed by atoms with Crippen LogP contribution >= 0.6 is 21.2 Å². The number of carbonyl (C=O) groups is 1. The molecule has 0 aliphatic rings. The highest BCUT2D eigenvalue weighted by Gasteiger charge is 2.15. The lowest BCUT2D eigenvalue weighted by Crippen LogP contribution is -2.01. The molecule has 6 nitrogen and oxygen atoms in total. The molecule has 0 saturated carbocycles. The Labute approximate surface area is 88.3 Å². The van der Waals surface area contributed by atoms with Crippen LogP contribution in [-0.2, 0) is 3.07 Å². The van der Waals surface area contributed by atoms with Gasteiger partial charge in [0.25, 0.3) is 5.69 Å². The van der Waals surface area contributed by atoms with Crippen LogP contribution in [0.15, 0.2) is 18.2 Å². The average Bonchev–Trinajstić information content (AvgIpc) is 2.16. The van der Waals surface area contributed by atoms with Crippen LogP contribution in [0.2, 0.25) is 0 Å². The van der Waals surface area contributed by atoms with Gasteiger partial charge in [0.05, 0.1) is 14.1 Å². The Hall–Kier alpha value is -1.38. The highest BCUT2D eigenvalue weighted by Crippen LogP contribution is 2.21. The van der Waals surface area contributed by atoms with Crippen molar-refractivity contribution in [2.45, 2.75) is 0 Å². The van der Waals surface area contributed by atoms with E-state index in [1.807, 2.05) is 0 Å². The highest BCUT2D eigenvalue weighted by atomic mass is 127. The quantitative estimate of drug-likeness (QED) is 0.521. The van der Waals surface area contributed by atoms with Gasteiger partial charge in [0.2, 0.25) is 0 Å². The molecule has 1 rings (SSSR count). The Morgan fingerprint density at radius 3 is 2.57 bits per heavy atom. The fourth-order valence-corrected chi connectivity index (χ4v) is 1.81. The third kappa shape index (κ3) is 2.10. The monoisotopic (exact) mass is 309 g/mol. The molecule has 0 aliphatic heterocycles. The number of carboxylic acids is 1. The molecule has 0 aliphatic carbocycles. The lowest BCUT2D eigenvalue weighted by molar-refractivity contribution is -0.384. The summed E-state index contributed by atoms with van der Waals surface area (Å²) in [6, 6.07) is 3.26. The van der Waals surface area contributed by atoms with Crippen molar-refractivity contribution in [3.05, 3.63) is 37.4 Å². The summed E-state index contributed by atoms with van der Waals surface area (Å²) >= 11 is -1.63. The van der Waals surface area contributed by atoms with Gasteiger partial charge in [0.1, 0.15) is 0 Å². The zero-order valence-corrected chi connectivity index (χ0v) is 8.79. The Balaban J connectivity index is 3.34. The molecule has 7 heteroatoms. The standard InChI is InChI=1S/C7H4INO5/c10-7(11)5-3-4(9(13)14)1-2-6(5)8-12/h1-3H,(H,10,11). The Kier molecular flexibility index (Phi) is 3.23. The SMILES string of the molecule is O=Ic1ccc([N+](=O)[O-])cc1C(=O)O. The second-order valence-corrected chi connectivity index (χ2v) is 3.91. The summed E-state index contributed by atoms with van der Waals surface area (Å²) in [4.78, 5) is 20.2. The Morgan fingerprint density at radius 2 is 2.14 bits per heavy atom. The largest absolute Gasteiger partial charge is 0.478 e. The van der Waals surface area contributed by atoms with E-state index < -0.39 is 32.1 Å². The van der Waals surface area contributed by atoms with Gasteiger partial charge in [-0.2, -0.15) is 0 Å². The van der Waals surface area contributed by atoms with Gasteiger partial charge in [-0.05, 0) is 6.07 Å². The summed E-state index contributed by atoms with van der Waals surface area (Å²) in [7, 11) is 0. The maximum atomic E-state index is 10.6. The van der Waals surface area contributed by atoms with Gasteiger partial charge >= 0.3 is 5.97 Å². The van der Waals surface area contributed by atoms with Crippen molar-refractivity contribution < 1.29 is 17.9 Å². The fourth-order valence-electron chi connectivity index (χ4n) is 0.858. The topological polar surface area (TPSA) is 97.5 Å². The molecule has 1 aromatic rings. The normalized spacial score (nSPS) is 9.71. The van der Waals surface area contributed by atoms with Crippen LogP contribution in [0.5, 0.6) is 0 Å². The minimum Gasteiger partial charge on any atom is -0.478 e. The number of nitrogens with zero attached hydrogens (tertiary/aromatic N) is 1. The maximum absolute atomic E-state index is 10.6. The van der Waals surface area contributed by atoms with Crippen molar-refractivity contribution in [1.29, 1.82) is 0 Å². The van der Waals surface area contributed by atoms with E-state index >= 15 is 0 Å². The van der Waals surface area contributed by atoms with Gasteiger partial charge in [-0.15, -0.1) is 0 Å². The molecule has 0 radical (unpaired) electrons. The van der Waals surface area contributed by atoms with Crippen LogP contribution in [0.1, 0.15) is 10.4 Å². The number of hydrogen-bond acceptors (Lipinski definition) is 4. The second-order valence-electron chi connectivity index (χ2n) is 2.30. The van der Waals surface area contributed by atoms with E-state index in [1.165, 1.54) is 6.07 Å². The van der Waals surface area contributed by atoms with Gasteiger partial charge in [-0.3, -0.25) is 13.2 Å². The van der Waals surface area contributed by atoms with Crippen LogP contribution in [0.25, 0.3) is 0 Å². The third-order valence-electron chi connectivity index (χ3n) is 1.47. The number of hydrogen-bond donors (Lipinski definition) is 1. The third-order valence-corrected chi connectivity index (χ3v) is 2.89. The molecule has 0 atom stereocenters. The average molecular weight is 309 g/mol. The summed E-state index contributed by atoms with van der Waals surface area (Å²) in [6.07, 6.45) is 0. The van der Waals surface area contributed by atoms with E-state index in [4.69, 9.17) is 5.11 Å². The van der Waals surface area contributed by atoms with E-state index in [1.54, 1.807) is 0 Å². The molecule has 1 N–H and O–H groups in total. The minimum atomic E-state index is -1.63. The smallest absolute Gasteiger partial charge is 0.337 e. The first-order chi connectivity index (χ1) is 6.56. The molecule has 0 spiro atoms. The number of carboxylic acid groups (broad SMARTS) is 1. The molecule has 1 aromatic carbocycles. The van der Waals surface area contributed by atoms with E-state index in [-0.39, 0.29) is 14.8 Å². The number of halogens is 1. The van der Waals surface area contributed by atoms with Gasteiger partial charge < -0.3 is 5.11 Å². The zero-order valence-electron chi connectivity index (χ0n) is 6.64. The molecule has 74 valence electrons. The fraction of sp³-hybridized carbons (Fsp3) is 0. The van der Waals surface area contributed by atoms with Crippen molar-refractivity contribution in [2.24, 2.45) is 0 Å². The number of aromatic carboxylic acids is 1. The van der Waals surface area contributed by atoms with Crippen molar-refractivity contribution in [3.63, 3.8) is 0 Å². The van der Waals surface area contributed by atoms with Crippen molar-refractivity contribution >= 4 is 32.8 Å². The highest BCUT2D eigenvalue weighted by molar-refractivity contribution is 14.1. The summed E-state index contributed by atoms with van der Waals surface area (Å²) < 4.78 is 10.8. The lowest BCUT2D eigenvalue weighted by Gasteiger charge is -1.97. The second kappa shape index (κ2) is 4.22. The van der Waals surface area contributed by atoms with Gasteiger partial charge in [-0.25, -0.2) is 4.79 Å². The summed E-state index contributed by atoms with van der Waals surface area (Å²) in [5.74, 6) is -1.31. The molecule has 14 heavy (non-hydrogen) atoms. The number of non-ortho nitro benzene ring substituents is 1. The number of nitro benzene ring substituents is 1. The molecule has 0 amide bonds. The minimum absolute atomic E-state index is 0.155. The lowest BCUT2D eigenvalue weighted by atomic mass is 10.2. The summed E-state index contributed by atoms with van der Waals surface area (Å²) in [5, 5.41) is 19.0. The van der Waals surface area contributed by atoms with E-state index in [0.29, 0.717) is 0 Å². The zero-order chi connectivity index (χ0) is 10.7. The first-order valence-electron chi connectivity index (χ1n) is 3.35. The number of benzene rings is 1. The van der Waals surface area contributed by atoms with Gasteiger partial charge in [0, 0.05) is 12.1 Å². The van der Waals surface area contributed by atoms with Crippen LogP contribution in [0.4, 0.5) is 5.69 Å². The Morgan fingerprint density at radius 1 is 1.50 bits per heavy atom. The van der Waals surface area contributed by atoms with Crippen molar-refractivity contribution in [2.75, 3.05) is 0 Å². The first kappa shape index (κ1) is 10.7. The van der Waals surface area contributed by atoms with E-state index in [9.17, 15) is 18.0 Å². The molecular formula is C7H4INO5. The predicted octanol–water partition coefficient (Wildman–Crippen LogP) is 1.78. The molecule has 0 bridgehead atoms. The van der Waals surface area contributed by atoms with E-state index in [0.717, 1.165) is 12.1 Å². The van der Waals surface area contributed by atoms with Crippen LogP contribution in [0.3, 0.4) is 0 Å². The maximum Gasteiger partial charge on any atom is 0.337 e. The summed E-state index contributed by atoms with van der Waals surface area (Å²) in [6.45, 7) is 0. The molecule has 0 heterocycles.